The first kappa shape index (κ1) is 16.2. The third-order valence-corrected chi connectivity index (χ3v) is 4.30. The number of hydrogen-bond acceptors (Lipinski definition) is 3. The summed E-state index contributed by atoms with van der Waals surface area (Å²) in [6, 6.07) is 1.97. The minimum atomic E-state index is -0.112. The molecule has 0 saturated carbocycles. The molecule has 1 N–H and O–H groups in total. The van der Waals surface area contributed by atoms with Crippen LogP contribution in [0.5, 0.6) is 0 Å². The average molecular weight is 310 g/mol. The van der Waals surface area contributed by atoms with Gasteiger partial charge in [-0.05, 0) is 38.8 Å². The molecule has 4 nitrogen and oxygen atoms in total. The van der Waals surface area contributed by atoms with Crippen molar-refractivity contribution in [3.05, 3.63) is 28.5 Å². The van der Waals surface area contributed by atoms with Gasteiger partial charge in [0.25, 0.3) is 5.91 Å². The molecule has 0 unspecified atom stereocenters. The fourth-order valence-electron chi connectivity index (χ4n) is 2.64. The number of aromatic nitrogens is 1. The number of nitrogens with one attached hydrogen (secondary N) is 1. The number of unbranched alkanes of at least 4 members (excludes halogenated alkanes) is 1. The van der Waals surface area contributed by atoms with Crippen molar-refractivity contribution >= 4 is 17.5 Å². The van der Waals surface area contributed by atoms with Crippen molar-refractivity contribution < 1.29 is 4.79 Å². The van der Waals surface area contributed by atoms with Crippen LogP contribution in [-0.4, -0.2) is 41.5 Å². The number of carbonyl (C=O) groups is 1. The normalized spacial score (nSPS) is 16.9. The maximum absolute atomic E-state index is 12.2. The molecule has 1 fully saturated rings. The SMILES string of the molecule is CCCCN1CCC(NC(=O)c2cnc(C)cc2Cl)CC1. The molecule has 0 atom stereocenters. The maximum atomic E-state index is 12.2. The fraction of sp³-hybridized carbons (Fsp3) is 0.625. The van der Waals surface area contributed by atoms with Crippen molar-refractivity contribution in [2.24, 2.45) is 0 Å². The largest absolute Gasteiger partial charge is 0.349 e. The van der Waals surface area contributed by atoms with E-state index in [0.717, 1.165) is 31.6 Å². The summed E-state index contributed by atoms with van der Waals surface area (Å²) in [7, 11) is 0. The Morgan fingerprint density at radius 2 is 2.19 bits per heavy atom. The van der Waals surface area contributed by atoms with Gasteiger partial charge in [0.05, 0.1) is 10.6 Å². The van der Waals surface area contributed by atoms with E-state index in [-0.39, 0.29) is 11.9 Å². The molecule has 2 heterocycles. The van der Waals surface area contributed by atoms with Gasteiger partial charge in [0.1, 0.15) is 0 Å². The number of hydrogen-bond donors (Lipinski definition) is 1. The molecule has 0 spiro atoms. The lowest BCUT2D eigenvalue weighted by Gasteiger charge is -2.32. The molecule has 2 rings (SSSR count). The molecule has 1 saturated heterocycles. The smallest absolute Gasteiger partial charge is 0.254 e. The molecule has 1 amide bonds. The number of halogens is 1. The van der Waals surface area contributed by atoms with E-state index < -0.39 is 0 Å². The summed E-state index contributed by atoms with van der Waals surface area (Å²) in [6.45, 7) is 7.37. The lowest BCUT2D eigenvalue weighted by molar-refractivity contribution is 0.0910. The van der Waals surface area contributed by atoms with Crippen LogP contribution in [0, 0.1) is 6.92 Å². The van der Waals surface area contributed by atoms with Crippen molar-refractivity contribution in [2.75, 3.05) is 19.6 Å². The van der Waals surface area contributed by atoms with E-state index >= 15 is 0 Å². The standard InChI is InChI=1S/C16H24ClN3O/c1-3-4-7-20-8-5-13(6-9-20)19-16(21)14-11-18-12(2)10-15(14)17/h10-11,13H,3-9H2,1-2H3,(H,19,21). The van der Waals surface area contributed by atoms with Crippen molar-refractivity contribution in [1.29, 1.82) is 0 Å². The minimum absolute atomic E-state index is 0.112. The molecule has 1 aromatic rings. The van der Waals surface area contributed by atoms with E-state index in [4.69, 9.17) is 11.6 Å². The summed E-state index contributed by atoms with van der Waals surface area (Å²) in [6.07, 6.45) is 6.05. The Morgan fingerprint density at radius 3 is 2.81 bits per heavy atom. The molecule has 0 aliphatic carbocycles. The molecular weight excluding hydrogens is 286 g/mol. The molecule has 116 valence electrons. The van der Waals surface area contributed by atoms with Crippen LogP contribution in [0.15, 0.2) is 12.3 Å². The van der Waals surface area contributed by atoms with Gasteiger partial charge >= 0.3 is 0 Å². The highest BCUT2D eigenvalue weighted by Crippen LogP contribution is 2.17. The van der Waals surface area contributed by atoms with Crippen LogP contribution in [-0.2, 0) is 0 Å². The Bertz CT molecular complexity index is 484. The summed E-state index contributed by atoms with van der Waals surface area (Å²) in [5.74, 6) is -0.112. The van der Waals surface area contributed by atoms with Gasteiger partial charge < -0.3 is 10.2 Å². The number of nitrogens with zero attached hydrogens (tertiary/aromatic N) is 2. The number of pyridine rings is 1. The first-order valence-electron chi connectivity index (χ1n) is 7.75. The van der Waals surface area contributed by atoms with Crippen LogP contribution < -0.4 is 5.32 Å². The highest BCUT2D eigenvalue weighted by Gasteiger charge is 2.21. The van der Waals surface area contributed by atoms with Crippen LogP contribution in [0.1, 0.15) is 48.7 Å². The first-order chi connectivity index (χ1) is 10.1. The Balaban J connectivity index is 1.84. The number of piperidine rings is 1. The number of likely N-dealkylation sites (tertiary alicyclic amines) is 1. The minimum Gasteiger partial charge on any atom is -0.349 e. The number of amides is 1. The van der Waals surface area contributed by atoms with E-state index in [0.29, 0.717) is 10.6 Å². The molecule has 0 radical (unpaired) electrons. The van der Waals surface area contributed by atoms with Crippen LogP contribution in [0.25, 0.3) is 0 Å². The zero-order chi connectivity index (χ0) is 15.2. The summed E-state index contributed by atoms with van der Waals surface area (Å²) in [5, 5.41) is 3.55. The summed E-state index contributed by atoms with van der Waals surface area (Å²) in [4.78, 5) is 18.9. The topological polar surface area (TPSA) is 45.2 Å². The van der Waals surface area contributed by atoms with Gasteiger partial charge in [-0.1, -0.05) is 24.9 Å². The van der Waals surface area contributed by atoms with Crippen LogP contribution in [0.3, 0.4) is 0 Å². The van der Waals surface area contributed by atoms with Gasteiger partial charge in [0.15, 0.2) is 0 Å². The molecular formula is C16H24ClN3O. The maximum Gasteiger partial charge on any atom is 0.254 e. The first-order valence-corrected chi connectivity index (χ1v) is 8.13. The Kier molecular flexibility index (Phi) is 6.00. The van der Waals surface area contributed by atoms with Gasteiger partial charge in [-0.25, -0.2) is 0 Å². The zero-order valence-corrected chi connectivity index (χ0v) is 13.6. The predicted octanol–water partition coefficient (Wildman–Crippen LogP) is 3.04. The molecule has 0 bridgehead atoms. The highest BCUT2D eigenvalue weighted by molar-refractivity contribution is 6.33. The summed E-state index contributed by atoms with van der Waals surface area (Å²) < 4.78 is 0. The number of carbonyl (C=O) groups excluding carboxylic acids is 1. The van der Waals surface area contributed by atoms with E-state index in [9.17, 15) is 4.79 Å². The summed E-state index contributed by atoms with van der Waals surface area (Å²) >= 11 is 6.11. The third-order valence-electron chi connectivity index (χ3n) is 3.99. The van der Waals surface area contributed by atoms with Crippen LogP contribution in [0.2, 0.25) is 5.02 Å². The molecule has 21 heavy (non-hydrogen) atoms. The van der Waals surface area contributed by atoms with Gasteiger partial charge in [-0.2, -0.15) is 0 Å². The van der Waals surface area contributed by atoms with Crippen molar-refractivity contribution in [2.45, 2.75) is 45.6 Å². The van der Waals surface area contributed by atoms with Gasteiger partial charge in [-0.3, -0.25) is 9.78 Å². The lowest BCUT2D eigenvalue weighted by atomic mass is 10.0. The van der Waals surface area contributed by atoms with Crippen molar-refractivity contribution in [3.8, 4) is 0 Å². The number of aryl methyl sites for hydroxylation is 1. The molecule has 1 aliphatic heterocycles. The Labute approximate surface area is 131 Å². The quantitative estimate of drug-likeness (QED) is 0.909. The second-order valence-electron chi connectivity index (χ2n) is 5.75. The molecule has 0 aromatic carbocycles. The number of rotatable bonds is 5. The Morgan fingerprint density at radius 1 is 1.48 bits per heavy atom. The monoisotopic (exact) mass is 309 g/mol. The van der Waals surface area contributed by atoms with E-state index in [1.54, 1.807) is 12.3 Å². The third kappa shape index (κ3) is 4.68. The molecule has 1 aromatic heterocycles. The van der Waals surface area contributed by atoms with Gasteiger partial charge in [0.2, 0.25) is 0 Å². The molecule has 5 heteroatoms. The predicted molar refractivity (Wildman–Crippen MR) is 85.8 cm³/mol. The van der Waals surface area contributed by atoms with Gasteiger partial charge in [-0.15, -0.1) is 0 Å². The van der Waals surface area contributed by atoms with Crippen molar-refractivity contribution in [3.63, 3.8) is 0 Å². The molecule has 1 aliphatic rings. The van der Waals surface area contributed by atoms with Crippen molar-refractivity contribution in [1.82, 2.24) is 15.2 Å². The second kappa shape index (κ2) is 7.76. The van der Waals surface area contributed by atoms with E-state index in [2.05, 4.69) is 22.1 Å². The van der Waals surface area contributed by atoms with Crippen LogP contribution >= 0.6 is 11.6 Å². The van der Waals surface area contributed by atoms with Crippen LogP contribution in [0.4, 0.5) is 0 Å². The highest BCUT2D eigenvalue weighted by atomic mass is 35.5. The van der Waals surface area contributed by atoms with E-state index in [1.807, 2.05) is 6.92 Å². The second-order valence-corrected chi connectivity index (χ2v) is 6.16. The Hall–Kier alpha value is -1.13. The van der Waals surface area contributed by atoms with E-state index in [1.165, 1.54) is 19.4 Å². The zero-order valence-electron chi connectivity index (χ0n) is 12.9. The van der Waals surface area contributed by atoms with Gasteiger partial charge in [0, 0.05) is 31.0 Å². The summed E-state index contributed by atoms with van der Waals surface area (Å²) in [5.41, 5.74) is 1.29. The average Bonchev–Trinajstić information content (AvgIpc) is 2.46. The fourth-order valence-corrected chi connectivity index (χ4v) is 2.93. The lowest BCUT2D eigenvalue weighted by Crippen LogP contribution is -2.44.